The quantitative estimate of drug-likeness (QED) is 0.789. The Hall–Kier alpha value is -0.680. The van der Waals surface area contributed by atoms with Gasteiger partial charge in [0, 0.05) is 22.5 Å². The van der Waals surface area contributed by atoms with Crippen LogP contribution >= 0.6 is 34.5 Å². The maximum absolute atomic E-state index is 6.19. The van der Waals surface area contributed by atoms with Crippen molar-refractivity contribution < 1.29 is 0 Å². The maximum Gasteiger partial charge on any atom is 0.149 e. The fourth-order valence-electron chi connectivity index (χ4n) is 1.83. The third-order valence-electron chi connectivity index (χ3n) is 2.85. The van der Waals surface area contributed by atoms with Crippen LogP contribution in [0.25, 0.3) is 10.6 Å². The Bertz CT molecular complexity index is 605. The summed E-state index contributed by atoms with van der Waals surface area (Å²) < 4.78 is 0. The molecule has 1 aromatic heterocycles. The Balaban J connectivity index is 1.95. The third-order valence-corrected chi connectivity index (χ3v) is 4.42. The molecule has 0 saturated carbocycles. The highest BCUT2D eigenvalue weighted by atomic mass is 35.5. The van der Waals surface area contributed by atoms with Crippen molar-refractivity contribution in [1.82, 2.24) is 15.5 Å². The minimum Gasteiger partial charge on any atom is -0.312 e. The fraction of sp³-hybridized carbons (Fsp3) is 0.467. The lowest BCUT2D eigenvalue weighted by Gasteiger charge is -2.20. The molecule has 0 saturated heterocycles. The Morgan fingerprint density at radius 2 is 1.95 bits per heavy atom. The van der Waals surface area contributed by atoms with Gasteiger partial charge in [-0.25, -0.2) is 0 Å². The maximum atomic E-state index is 6.19. The van der Waals surface area contributed by atoms with E-state index in [1.807, 2.05) is 12.1 Å². The summed E-state index contributed by atoms with van der Waals surface area (Å²) in [6, 6.07) is 5.43. The molecule has 0 fully saturated rings. The highest BCUT2D eigenvalue weighted by Gasteiger charge is 2.11. The van der Waals surface area contributed by atoms with Crippen LogP contribution in [-0.2, 0) is 6.42 Å². The Morgan fingerprint density at radius 1 is 1.19 bits per heavy atom. The summed E-state index contributed by atoms with van der Waals surface area (Å²) in [4.78, 5) is 0. The van der Waals surface area contributed by atoms with Gasteiger partial charge < -0.3 is 5.32 Å². The van der Waals surface area contributed by atoms with Crippen LogP contribution in [0.15, 0.2) is 18.2 Å². The second-order valence-corrected chi connectivity index (χ2v) is 7.81. The first-order chi connectivity index (χ1) is 9.85. The van der Waals surface area contributed by atoms with Crippen LogP contribution in [0.3, 0.4) is 0 Å². The molecule has 114 valence electrons. The molecule has 0 aliphatic heterocycles. The molecule has 6 heteroatoms. The average Bonchev–Trinajstić information content (AvgIpc) is 2.82. The van der Waals surface area contributed by atoms with Crippen molar-refractivity contribution in [3.8, 4) is 10.6 Å². The second-order valence-electron chi connectivity index (χ2n) is 5.91. The van der Waals surface area contributed by atoms with E-state index in [-0.39, 0.29) is 5.54 Å². The Labute approximate surface area is 139 Å². The molecule has 0 unspecified atom stereocenters. The standard InChI is InChI=1S/C15H19Cl2N3S/c1-15(2,3)18-8-4-5-13-19-20-14(21-13)11-7-6-10(16)9-12(11)17/h6-7,9,18H,4-5,8H2,1-3H3. The highest BCUT2D eigenvalue weighted by Crippen LogP contribution is 2.32. The van der Waals surface area contributed by atoms with Gasteiger partial charge in [0.1, 0.15) is 10.0 Å². The van der Waals surface area contributed by atoms with Gasteiger partial charge >= 0.3 is 0 Å². The number of benzene rings is 1. The van der Waals surface area contributed by atoms with Gasteiger partial charge in [0.05, 0.1) is 5.02 Å². The number of aryl methyl sites for hydroxylation is 1. The molecule has 2 rings (SSSR count). The molecule has 1 N–H and O–H groups in total. The molecular weight excluding hydrogens is 325 g/mol. The summed E-state index contributed by atoms with van der Waals surface area (Å²) in [7, 11) is 0. The lowest BCUT2D eigenvalue weighted by Crippen LogP contribution is -2.36. The molecule has 0 atom stereocenters. The summed E-state index contributed by atoms with van der Waals surface area (Å²) in [5.74, 6) is 0. The Kier molecular flexibility index (Phi) is 5.60. The van der Waals surface area contributed by atoms with E-state index in [4.69, 9.17) is 23.2 Å². The van der Waals surface area contributed by atoms with Crippen molar-refractivity contribution >= 4 is 34.5 Å². The minimum absolute atomic E-state index is 0.156. The first-order valence-corrected chi connectivity index (χ1v) is 8.45. The van der Waals surface area contributed by atoms with E-state index in [9.17, 15) is 0 Å². The van der Waals surface area contributed by atoms with Crippen molar-refractivity contribution in [1.29, 1.82) is 0 Å². The number of hydrogen-bond acceptors (Lipinski definition) is 4. The van der Waals surface area contributed by atoms with Gasteiger partial charge in [-0.2, -0.15) is 0 Å². The van der Waals surface area contributed by atoms with E-state index in [1.165, 1.54) is 0 Å². The summed E-state index contributed by atoms with van der Waals surface area (Å²) in [5.41, 5.74) is 1.04. The molecule has 0 amide bonds. The lowest BCUT2D eigenvalue weighted by atomic mass is 10.1. The smallest absolute Gasteiger partial charge is 0.149 e. The van der Waals surface area contributed by atoms with Crippen molar-refractivity contribution in [3.63, 3.8) is 0 Å². The number of nitrogens with zero attached hydrogens (tertiary/aromatic N) is 2. The third kappa shape index (κ3) is 5.22. The van der Waals surface area contributed by atoms with Gasteiger partial charge in [0.2, 0.25) is 0 Å². The molecule has 1 aromatic carbocycles. The number of nitrogens with one attached hydrogen (secondary N) is 1. The average molecular weight is 344 g/mol. The molecule has 0 aliphatic rings. The monoisotopic (exact) mass is 343 g/mol. The first-order valence-electron chi connectivity index (χ1n) is 6.88. The van der Waals surface area contributed by atoms with Gasteiger partial charge in [-0.15, -0.1) is 10.2 Å². The highest BCUT2D eigenvalue weighted by molar-refractivity contribution is 7.14. The molecule has 0 aliphatic carbocycles. The Morgan fingerprint density at radius 3 is 2.62 bits per heavy atom. The van der Waals surface area contributed by atoms with Gasteiger partial charge in [-0.05, 0) is 51.9 Å². The zero-order valence-electron chi connectivity index (χ0n) is 12.4. The van der Waals surface area contributed by atoms with Gasteiger partial charge in [0.25, 0.3) is 0 Å². The zero-order chi connectivity index (χ0) is 15.5. The van der Waals surface area contributed by atoms with Crippen LogP contribution in [0.4, 0.5) is 0 Å². The molecule has 2 aromatic rings. The SMILES string of the molecule is CC(C)(C)NCCCc1nnc(-c2ccc(Cl)cc2Cl)s1. The van der Waals surface area contributed by atoms with Crippen LogP contribution in [0.5, 0.6) is 0 Å². The normalized spacial score (nSPS) is 11.9. The number of halogens is 2. The van der Waals surface area contributed by atoms with Crippen LogP contribution in [0.1, 0.15) is 32.2 Å². The number of rotatable bonds is 5. The largest absolute Gasteiger partial charge is 0.312 e. The summed E-state index contributed by atoms with van der Waals surface area (Å²) in [6.07, 6.45) is 1.96. The molecule has 1 heterocycles. The summed E-state index contributed by atoms with van der Waals surface area (Å²) in [5, 5.41) is 15.0. The van der Waals surface area contributed by atoms with E-state index in [0.717, 1.165) is 35.0 Å². The van der Waals surface area contributed by atoms with E-state index in [2.05, 4.69) is 36.3 Å². The predicted octanol–water partition coefficient (Wildman–Crippen LogP) is 4.83. The van der Waals surface area contributed by atoms with E-state index < -0.39 is 0 Å². The molecular formula is C15H19Cl2N3S. The topological polar surface area (TPSA) is 37.8 Å². The molecule has 0 spiro atoms. The molecule has 21 heavy (non-hydrogen) atoms. The molecule has 0 radical (unpaired) electrons. The lowest BCUT2D eigenvalue weighted by molar-refractivity contribution is 0.422. The number of aromatic nitrogens is 2. The van der Waals surface area contributed by atoms with E-state index in [1.54, 1.807) is 17.4 Å². The zero-order valence-corrected chi connectivity index (χ0v) is 14.7. The van der Waals surface area contributed by atoms with Gasteiger partial charge in [0.15, 0.2) is 0 Å². The van der Waals surface area contributed by atoms with E-state index >= 15 is 0 Å². The first kappa shape index (κ1) is 16.7. The van der Waals surface area contributed by atoms with Crippen LogP contribution in [-0.4, -0.2) is 22.3 Å². The van der Waals surface area contributed by atoms with Crippen molar-refractivity contribution in [2.75, 3.05) is 6.54 Å². The van der Waals surface area contributed by atoms with Gasteiger partial charge in [-0.3, -0.25) is 0 Å². The van der Waals surface area contributed by atoms with E-state index in [0.29, 0.717) is 10.0 Å². The summed E-state index contributed by atoms with van der Waals surface area (Å²) >= 11 is 13.7. The summed E-state index contributed by atoms with van der Waals surface area (Å²) in [6.45, 7) is 7.47. The predicted molar refractivity (Wildman–Crippen MR) is 91.4 cm³/mol. The molecule has 0 bridgehead atoms. The fourth-order valence-corrected chi connectivity index (χ4v) is 3.30. The molecule has 3 nitrogen and oxygen atoms in total. The van der Waals surface area contributed by atoms with Crippen LogP contribution < -0.4 is 5.32 Å². The van der Waals surface area contributed by atoms with Crippen molar-refractivity contribution in [2.45, 2.75) is 39.2 Å². The van der Waals surface area contributed by atoms with Crippen molar-refractivity contribution in [2.24, 2.45) is 0 Å². The van der Waals surface area contributed by atoms with Crippen LogP contribution in [0.2, 0.25) is 10.0 Å². The van der Waals surface area contributed by atoms with Crippen LogP contribution in [0, 0.1) is 0 Å². The minimum atomic E-state index is 0.156. The van der Waals surface area contributed by atoms with Crippen molar-refractivity contribution in [3.05, 3.63) is 33.3 Å². The second kappa shape index (κ2) is 7.05. The van der Waals surface area contributed by atoms with Gasteiger partial charge in [-0.1, -0.05) is 34.5 Å². The number of hydrogen-bond donors (Lipinski definition) is 1.